The summed E-state index contributed by atoms with van der Waals surface area (Å²) in [6.45, 7) is 8.55. The van der Waals surface area contributed by atoms with Crippen LogP contribution in [0.1, 0.15) is 54.0 Å². The number of anilines is 2. The third-order valence-corrected chi connectivity index (χ3v) is 10.8. The van der Waals surface area contributed by atoms with Crippen LogP contribution in [0.15, 0.2) is 41.3 Å². The number of hydrogen-bond donors (Lipinski definition) is 2. The summed E-state index contributed by atoms with van der Waals surface area (Å²) in [6.07, 6.45) is 1.92. The predicted molar refractivity (Wildman–Crippen MR) is 167 cm³/mol. The number of rotatable bonds is 8. The highest BCUT2D eigenvalue weighted by molar-refractivity contribution is 7.89. The van der Waals surface area contributed by atoms with Gasteiger partial charge in [0, 0.05) is 92.6 Å². The highest BCUT2D eigenvalue weighted by Crippen LogP contribution is 2.32. The minimum Gasteiger partial charge on any atom is -0.381 e. The van der Waals surface area contributed by atoms with Crippen molar-refractivity contribution >= 4 is 27.2 Å². The first kappa shape index (κ1) is 31.6. The number of nitrogens with zero attached hydrogens (tertiary/aromatic N) is 4. The van der Waals surface area contributed by atoms with Gasteiger partial charge in [-0.15, -0.1) is 0 Å². The number of hydrogen-bond acceptors (Lipinski definition) is 8. The van der Waals surface area contributed by atoms with Gasteiger partial charge in [0.05, 0.1) is 22.6 Å². The first-order valence-electron chi connectivity index (χ1n) is 15.4. The second kappa shape index (κ2) is 12.4. The number of nitrogens with one attached hydrogen (secondary N) is 2. The van der Waals surface area contributed by atoms with Crippen LogP contribution in [0.4, 0.5) is 20.2 Å². The molecule has 6 rings (SSSR count). The fraction of sp³-hybridized carbons (Fsp3) is 0.500. The van der Waals surface area contributed by atoms with E-state index in [1.165, 1.54) is 4.31 Å². The normalized spacial score (nSPS) is 21.0. The summed E-state index contributed by atoms with van der Waals surface area (Å²) < 4.78 is 61.4. The summed E-state index contributed by atoms with van der Waals surface area (Å²) in [5, 5.41) is 11.0. The predicted octanol–water partition coefficient (Wildman–Crippen LogP) is 3.98. The van der Waals surface area contributed by atoms with Crippen LogP contribution in [0, 0.1) is 11.6 Å². The second-order valence-electron chi connectivity index (χ2n) is 12.9. The van der Waals surface area contributed by atoms with E-state index < -0.39 is 26.6 Å². The zero-order valence-corrected chi connectivity index (χ0v) is 26.7. The van der Waals surface area contributed by atoms with Gasteiger partial charge >= 0.3 is 0 Å². The van der Waals surface area contributed by atoms with Gasteiger partial charge in [0.2, 0.25) is 10.0 Å². The third kappa shape index (κ3) is 6.91. The van der Waals surface area contributed by atoms with Crippen molar-refractivity contribution in [3.8, 4) is 0 Å². The second-order valence-corrected chi connectivity index (χ2v) is 14.8. The lowest BCUT2D eigenvalue weighted by Crippen LogP contribution is -2.44. The van der Waals surface area contributed by atoms with Gasteiger partial charge in [-0.05, 0) is 64.1 Å². The Morgan fingerprint density at radius 1 is 1.09 bits per heavy atom. The van der Waals surface area contributed by atoms with E-state index in [0.29, 0.717) is 35.9 Å². The summed E-state index contributed by atoms with van der Waals surface area (Å²) >= 11 is 0. The average molecular weight is 643 g/mol. The van der Waals surface area contributed by atoms with E-state index in [2.05, 4.69) is 52.3 Å². The number of halogens is 2. The third-order valence-electron chi connectivity index (χ3n) is 9.01. The van der Waals surface area contributed by atoms with E-state index in [1.54, 1.807) is 0 Å². The van der Waals surface area contributed by atoms with Gasteiger partial charge in [0.25, 0.3) is 0 Å². The Morgan fingerprint density at radius 3 is 2.53 bits per heavy atom. The van der Waals surface area contributed by atoms with Gasteiger partial charge in [0.1, 0.15) is 11.6 Å². The van der Waals surface area contributed by atoms with Gasteiger partial charge in [-0.2, -0.15) is 9.40 Å². The molecule has 45 heavy (non-hydrogen) atoms. The molecule has 3 aromatic rings. The molecule has 1 unspecified atom stereocenters. The molecule has 2 N–H and O–H groups in total. The molecule has 2 aromatic carbocycles. The van der Waals surface area contributed by atoms with Crippen LogP contribution in [0.3, 0.4) is 0 Å². The maximum Gasteiger partial charge on any atom is 0.243 e. The summed E-state index contributed by atoms with van der Waals surface area (Å²) in [4.78, 5) is 18.1. The van der Waals surface area contributed by atoms with Gasteiger partial charge in [-0.1, -0.05) is 0 Å². The molecule has 10 nitrogen and oxygen atoms in total. The number of carbonyl (C=O) groups excluding carboxylic acids is 1. The van der Waals surface area contributed by atoms with E-state index >= 15 is 0 Å². The van der Waals surface area contributed by atoms with Gasteiger partial charge in [0.15, 0.2) is 5.78 Å². The smallest absolute Gasteiger partial charge is 0.243 e. The zero-order chi connectivity index (χ0) is 31.9. The lowest BCUT2D eigenvalue weighted by atomic mass is 9.93. The van der Waals surface area contributed by atoms with Crippen molar-refractivity contribution in [2.45, 2.75) is 62.6 Å². The van der Waals surface area contributed by atoms with Crippen LogP contribution in [-0.2, 0) is 34.1 Å². The molecular formula is C32H40F2N6O4S. The van der Waals surface area contributed by atoms with Crippen LogP contribution in [0.2, 0.25) is 0 Å². The summed E-state index contributed by atoms with van der Waals surface area (Å²) in [5.74, 6) is -2.07. The van der Waals surface area contributed by atoms with E-state index in [9.17, 15) is 22.0 Å². The molecule has 3 aliphatic rings. The van der Waals surface area contributed by atoms with Crippen molar-refractivity contribution in [3.63, 3.8) is 0 Å². The fourth-order valence-electron chi connectivity index (χ4n) is 6.49. The molecule has 1 aromatic heterocycles. The number of fused-ring (bicyclic) bond motifs is 1. The number of aromatic nitrogens is 2. The van der Waals surface area contributed by atoms with Gasteiger partial charge in [-0.25, -0.2) is 17.2 Å². The molecule has 4 heterocycles. The molecule has 0 bridgehead atoms. The summed E-state index contributed by atoms with van der Waals surface area (Å²) in [6, 6.07) is 8.32. The molecule has 13 heteroatoms. The molecule has 2 saturated heterocycles. The lowest BCUT2D eigenvalue weighted by Gasteiger charge is -2.37. The standard InChI is InChI=1S/C32H40F2N6O4S/c1-32(2)19-23(7-13-44-32)35-29-17-24(39-11-9-38(3)10-12-39)4-5-26(29)31(41)18-30-27-20-40(8-6-28(27)36-37-30)45(42,43)25-15-21(33)14-22(34)16-25/h4-5,14-17,23,35H,6-13,18-20H2,1-3H3,(H,36,37). The molecular weight excluding hydrogens is 602 g/mol. The van der Waals surface area contributed by atoms with Crippen molar-refractivity contribution in [1.82, 2.24) is 19.4 Å². The number of carbonyl (C=O) groups is 1. The van der Waals surface area contributed by atoms with Crippen molar-refractivity contribution < 1.29 is 26.7 Å². The number of benzene rings is 2. The Hall–Kier alpha value is -3.39. The maximum absolute atomic E-state index is 13.9. The minimum atomic E-state index is -4.18. The van der Waals surface area contributed by atoms with Crippen LogP contribution in [0.25, 0.3) is 0 Å². The zero-order valence-electron chi connectivity index (χ0n) is 25.9. The van der Waals surface area contributed by atoms with E-state index in [0.717, 1.165) is 68.2 Å². The molecule has 0 radical (unpaired) electrons. The Kier molecular flexibility index (Phi) is 8.72. The number of ketones is 1. The molecule has 3 aliphatic heterocycles. The first-order chi connectivity index (χ1) is 21.4. The van der Waals surface area contributed by atoms with Crippen molar-refractivity contribution in [2.75, 3.05) is 56.6 Å². The molecule has 0 aliphatic carbocycles. The number of H-pyrrole nitrogens is 1. The highest BCUT2D eigenvalue weighted by Gasteiger charge is 2.33. The van der Waals surface area contributed by atoms with Crippen LogP contribution >= 0.6 is 0 Å². The Balaban J connectivity index is 1.25. The molecule has 0 amide bonds. The highest BCUT2D eigenvalue weighted by atomic mass is 32.2. The average Bonchev–Trinajstić information content (AvgIpc) is 3.38. The molecule has 1 atom stereocenters. The fourth-order valence-corrected chi connectivity index (χ4v) is 7.94. The van der Waals surface area contributed by atoms with Gasteiger partial charge < -0.3 is 19.9 Å². The number of ether oxygens (including phenoxy) is 1. The van der Waals surface area contributed by atoms with Crippen molar-refractivity contribution in [1.29, 1.82) is 0 Å². The van der Waals surface area contributed by atoms with E-state index in [4.69, 9.17) is 4.74 Å². The topological polar surface area (TPSA) is 111 Å². The Morgan fingerprint density at radius 2 is 1.82 bits per heavy atom. The molecule has 242 valence electrons. The monoisotopic (exact) mass is 642 g/mol. The van der Waals surface area contributed by atoms with Crippen LogP contribution < -0.4 is 10.2 Å². The van der Waals surface area contributed by atoms with E-state index in [-0.39, 0.29) is 36.9 Å². The SMILES string of the molecule is CN1CCN(c2ccc(C(=O)Cc3n[nH]c4c3CN(S(=O)(=O)c3cc(F)cc(F)c3)CC4)c(NC3CCOC(C)(C)C3)c2)CC1. The quantitative estimate of drug-likeness (QED) is 0.355. The number of sulfonamides is 1. The largest absolute Gasteiger partial charge is 0.381 e. The minimum absolute atomic E-state index is 0.0316. The Bertz CT molecular complexity index is 1670. The van der Waals surface area contributed by atoms with E-state index in [1.807, 2.05) is 12.1 Å². The first-order valence-corrected chi connectivity index (χ1v) is 16.8. The van der Waals surface area contributed by atoms with Crippen LogP contribution in [-0.4, -0.2) is 91.6 Å². The number of Topliss-reactive ketones (excluding diaryl/α,β-unsaturated/α-hetero) is 1. The van der Waals surface area contributed by atoms with Crippen molar-refractivity contribution in [2.24, 2.45) is 0 Å². The Labute approximate surface area is 262 Å². The summed E-state index contributed by atoms with van der Waals surface area (Å²) in [5.41, 5.74) is 3.92. The van der Waals surface area contributed by atoms with Crippen molar-refractivity contribution in [3.05, 3.63) is 70.5 Å². The lowest BCUT2D eigenvalue weighted by molar-refractivity contribution is -0.0553. The number of aromatic amines is 1. The molecule has 0 saturated carbocycles. The van der Waals surface area contributed by atoms with Gasteiger partial charge in [-0.3, -0.25) is 9.89 Å². The molecule has 0 spiro atoms. The van der Waals surface area contributed by atoms with Crippen LogP contribution in [0.5, 0.6) is 0 Å². The number of likely N-dealkylation sites (N-methyl/N-ethyl adjacent to an activating group) is 1. The number of piperazine rings is 1. The summed E-state index contributed by atoms with van der Waals surface area (Å²) in [7, 11) is -2.06. The maximum atomic E-state index is 13.9. The molecule has 2 fully saturated rings.